The third-order valence-corrected chi connectivity index (χ3v) is 4.90. The van der Waals surface area contributed by atoms with Crippen LogP contribution < -0.4 is 5.32 Å². The summed E-state index contributed by atoms with van der Waals surface area (Å²) in [6.45, 7) is 0. The third kappa shape index (κ3) is 4.07. The van der Waals surface area contributed by atoms with Crippen LogP contribution in [0.25, 0.3) is 6.08 Å². The molecule has 1 atom stereocenters. The largest absolute Gasteiger partial charge is 0.508 e. The van der Waals surface area contributed by atoms with Crippen molar-refractivity contribution in [3.63, 3.8) is 0 Å². The van der Waals surface area contributed by atoms with Crippen LogP contribution in [0.5, 0.6) is 5.75 Å². The Bertz CT molecular complexity index is 714. The molecule has 0 bridgehead atoms. The Morgan fingerprint density at radius 3 is 2.57 bits per heavy atom. The van der Waals surface area contributed by atoms with Gasteiger partial charge in [-0.05, 0) is 30.2 Å². The first-order valence-electron chi connectivity index (χ1n) is 6.32. The van der Waals surface area contributed by atoms with Crippen molar-refractivity contribution in [2.24, 2.45) is 0 Å². The van der Waals surface area contributed by atoms with Crippen LogP contribution >= 0.6 is 0 Å². The second-order valence-electron chi connectivity index (χ2n) is 4.83. The van der Waals surface area contributed by atoms with E-state index in [-0.39, 0.29) is 22.8 Å². The monoisotopic (exact) mass is 306 g/mol. The molecular formula is C14H14N2O4S. The number of rotatable bonds is 3. The fraction of sp³-hybridized carbons (Fsp3) is 0.286. The molecule has 1 heterocycles. The number of benzene rings is 1. The van der Waals surface area contributed by atoms with Gasteiger partial charge in [0.1, 0.15) is 17.4 Å². The van der Waals surface area contributed by atoms with Gasteiger partial charge >= 0.3 is 0 Å². The molecule has 1 aliphatic heterocycles. The van der Waals surface area contributed by atoms with Crippen LogP contribution in [0.4, 0.5) is 0 Å². The van der Waals surface area contributed by atoms with Crippen LogP contribution in [0.15, 0.2) is 29.8 Å². The molecule has 2 rings (SSSR count). The molecule has 1 amide bonds. The quantitative estimate of drug-likeness (QED) is 0.628. The lowest BCUT2D eigenvalue weighted by molar-refractivity contribution is -0.117. The number of nitrogens with zero attached hydrogens (tertiary/aromatic N) is 1. The van der Waals surface area contributed by atoms with E-state index in [1.807, 2.05) is 0 Å². The van der Waals surface area contributed by atoms with E-state index in [4.69, 9.17) is 5.26 Å². The Balaban J connectivity index is 2.09. The van der Waals surface area contributed by atoms with E-state index < -0.39 is 21.8 Å². The first kappa shape index (κ1) is 15.1. The SMILES string of the molecule is N#CC(=Cc1ccc(O)cc1)C(=O)NC1CCS(=O)(=O)C1. The van der Waals surface area contributed by atoms with Gasteiger partial charge < -0.3 is 10.4 Å². The highest BCUT2D eigenvalue weighted by Crippen LogP contribution is 2.14. The Hall–Kier alpha value is -2.33. The van der Waals surface area contributed by atoms with E-state index in [2.05, 4.69) is 5.32 Å². The molecule has 1 saturated heterocycles. The maximum atomic E-state index is 12.0. The zero-order chi connectivity index (χ0) is 15.5. The Kier molecular flexibility index (Phi) is 4.29. The number of phenols is 1. The summed E-state index contributed by atoms with van der Waals surface area (Å²) >= 11 is 0. The zero-order valence-corrected chi connectivity index (χ0v) is 11.9. The predicted molar refractivity (Wildman–Crippen MR) is 76.9 cm³/mol. The topological polar surface area (TPSA) is 107 Å². The standard InChI is InChI=1S/C14H14N2O4S/c15-8-11(7-10-1-3-13(17)4-2-10)14(18)16-12-5-6-21(19,20)9-12/h1-4,7,12,17H,5-6,9H2,(H,16,18). The molecule has 1 fully saturated rings. The molecule has 1 unspecified atom stereocenters. The van der Waals surface area contributed by atoms with E-state index in [0.29, 0.717) is 12.0 Å². The number of hydrogen-bond acceptors (Lipinski definition) is 5. The molecular weight excluding hydrogens is 292 g/mol. The Labute approximate surface area is 122 Å². The number of amides is 1. The molecule has 0 saturated carbocycles. The summed E-state index contributed by atoms with van der Waals surface area (Å²) in [7, 11) is -3.08. The second kappa shape index (κ2) is 5.97. The van der Waals surface area contributed by atoms with Crippen molar-refractivity contribution >= 4 is 21.8 Å². The summed E-state index contributed by atoms with van der Waals surface area (Å²) in [4.78, 5) is 12.0. The number of nitrogens with one attached hydrogen (secondary N) is 1. The highest BCUT2D eigenvalue weighted by molar-refractivity contribution is 7.91. The van der Waals surface area contributed by atoms with Crippen molar-refractivity contribution in [3.8, 4) is 11.8 Å². The molecule has 21 heavy (non-hydrogen) atoms. The molecule has 0 aromatic heterocycles. The number of phenolic OH excluding ortho intramolecular Hbond substituents is 1. The summed E-state index contributed by atoms with van der Waals surface area (Å²) in [6.07, 6.45) is 1.75. The molecule has 0 spiro atoms. The molecule has 110 valence electrons. The minimum atomic E-state index is -3.08. The second-order valence-corrected chi connectivity index (χ2v) is 7.06. The van der Waals surface area contributed by atoms with Gasteiger partial charge in [-0.2, -0.15) is 5.26 Å². The van der Waals surface area contributed by atoms with Crippen LogP contribution in [0.2, 0.25) is 0 Å². The molecule has 1 aliphatic rings. The lowest BCUT2D eigenvalue weighted by Crippen LogP contribution is -2.36. The average molecular weight is 306 g/mol. The van der Waals surface area contributed by atoms with Crippen LogP contribution in [0.1, 0.15) is 12.0 Å². The summed E-state index contributed by atoms with van der Waals surface area (Å²) < 4.78 is 22.7. The highest BCUT2D eigenvalue weighted by atomic mass is 32.2. The molecule has 2 N–H and O–H groups in total. The number of carbonyl (C=O) groups excluding carboxylic acids is 1. The van der Waals surface area contributed by atoms with Crippen molar-refractivity contribution in [1.29, 1.82) is 5.26 Å². The van der Waals surface area contributed by atoms with Crippen molar-refractivity contribution in [1.82, 2.24) is 5.32 Å². The van der Waals surface area contributed by atoms with Gasteiger partial charge in [0.05, 0.1) is 11.5 Å². The number of aromatic hydroxyl groups is 1. The number of carbonyl (C=O) groups is 1. The van der Waals surface area contributed by atoms with Gasteiger partial charge in [-0.15, -0.1) is 0 Å². The van der Waals surface area contributed by atoms with E-state index in [0.717, 1.165) is 0 Å². The smallest absolute Gasteiger partial charge is 0.262 e. The van der Waals surface area contributed by atoms with Crippen molar-refractivity contribution in [2.75, 3.05) is 11.5 Å². The first-order chi connectivity index (χ1) is 9.89. The van der Waals surface area contributed by atoms with E-state index in [9.17, 15) is 18.3 Å². The van der Waals surface area contributed by atoms with Crippen molar-refractivity contribution in [3.05, 3.63) is 35.4 Å². The summed E-state index contributed by atoms with van der Waals surface area (Å²) in [5.41, 5.74) is 0.489. The molecule has 0 radical (unpaired) electrons. The van der Waals surface area contributed by atoms with E-state index >= 15 is 0 Å². The number of sulfone groups is 1. The van der Waals surface area contributed by atoms with Gasteiger partial charge in [0, 0.05) is 6.04 Å². The minimum absolute atomic E-state index is 0.0571. The molecule has 1 aromatic carbocycles. The Morgan fingerprint density at radius 1 is 1.38 bits per heavy atom. The summed E-state index contributed by atoms with van der Waals surface area (Å²) in [5.74, 6) is -0.531. The van der Waals surface area contributed by atoms with Crippen LogP contribution in [0.3, 0.4) is 0 Å². The van der Waals surface area contributed by atoms with Crippen molar-refractivity contribution < 1.29 is 18.3 Å². The molecule has 7 heteroatoms. The maximum absolute atomic E-state index is 12.0. The van der Waals surface area contributed by atoms with E-state index in [1.165, 1.54) is 18.2 Å². The summed E-state index contributed by atoms with van der Waals surface area (Å²) in [6, 6.07) is 7.38. The fourth-order valence-corrected chi connectivity index (χ4v) is 3.73. The van der Waals surface area contributed by atoms with Gasteiger partial charge in [0.25, 0.3) is 5.91 Å². The van der Waals surface area contributed by atoms with Gasteiger partial charge in [0.15, 0.2) is 9.84 Å². The number of nitriles is 1. The third-order valence-electron chi connectivity index (χ3n) is 3.14. The average Bonchev–Trinajstić information content (AvgIpc) is 2.77. The lowest BCUT2D eigenvalue weighted by atomic mass is 10.1. The Morgan fingerprint density at radius 2 is 2.05 bits per heavy atom. The van der Waals surface area contributed by atoms with Gasteiger partial charge in [0.2, 0.25) is 0 Å². The lowest BCUT2D eigenvalue weighted by Gasteiger charge is -2.09. The maximum Gasteiger partial charge on any atom is 0.262 e. The molecule has 0 aliphatic carbocycles. The van der Waals surface area contributed by atoms with Gasteiger partial charge in [-0.3, -0.25) is 4.79 Å². The first-order valence-corrected chi connectivity index (χ1v) is 8.14. The van der Waals surface area contributed by atoms with Crippen molar-refractivity contribution in [2.45, 2.75) is 12.5 Å². The molecule has 1 aromatic rings. The minimum Gasteiger partial charge on any atom is -0.508 e. The zero-order valence-electron chi connectivity index (χ0n) is 11.1. The van der Waals surface area contributed by atoms with Gasteiger partial charge in [-0.25, -0.2) is 8.42 Å². The number of hydrogen-bond donors (Lipinski definition) is 2. The normalized spacial score (nSPS) is 20.7. The predicted octanol–water partition coefficient (Wildman–Crippen LogP) is 0.602. The van der Waals surface area contributed by atoms with Crippen LogP contribution in [-0.4, -0.2) is 37.0 Å². The van der Waals surface area contributed by atoms with E-state index in [1.54, 1.807) is 18.2 Å². The van der Waals surface area contributed by atoms with Crippen LogP contribution in [-0.2, 0) is 14.6 Å². The highest BCUT2D eigenvalue weighted by Gasteiger charge is 2.29. The fourth-order valence-electron chi connectivity index (χ4n) is 2.06. The molecule has 6 nitrogen and oxygen atoms in total. The van der Waals surface area contributed by atoms with Crippen LogP contribution in [0, 0.1) is 11.3 Å². The van der Waals surface area contributed by atoms with Gasteiger partial charge in [-0.1, -0.05) is 12.1 Å². The summed E-state index contributed by atoms with van der Waals surface area (Å²) in [5, 5.41) is 20.8.